The molecule has 1 N–H and O–H groups in total. The van der Waals surface area contributed by atoms with Gasteiger partial charge in [0.2, 0.25) is 5.91 Å². The zero-order valence-electron chi connectivity index (χ0n) is 10.6. The standard InChI is InChI=1S/C13H17NO4/c1-10(15)14-11-5-7-12(8-6-11)18-9-3-4-13(16)17-2/h5-8H,3-4,9H2,1-2H3,(H,14,15). The zero-order valence-corrected chi connectivity index (χ0v) is 10.6. The molecular weight excluding hydrogens is 234 g/mol. The van der Waals surface area contributed by atoms with Crippen LogP contribution in [0.15, 0.2) is 24.3 Å². The molecule has 1 aromatic rings. The molecule has 0 bridgehead atoms. The van der Waals surface area contributed by atoms with Gasteiger partial charge in [0, 0.05) is 19.0 Å². The Morgan fingerprint density at radius 3 is 2.44 bits per heavy atom. The highest BCUT2D eigenvalue weighted by Crippen LogP contribution is 2.15. The second-order valence-corrected chi connectivity index (χ2v) is 3.73. The predicted octanol–water partition coefficient (Wildman–Crippen LogP) is 1.98. The monoisotopic (exact) mass is 251 g/mol. The molecule has 98 valence electrons. The lowest BCUT2D eigenvalue weighted by Crippen LogP contribution is -2.06. The molecule has 0 saturated heterocycles. The lowest BCUT2D eigenvalue weighted by molar-refractivity contribution is -0.140. The quantitative estimate of drug-likeness (QED) is 0.620. The highest BCUT2D eigenvalue weighted by Gasteiger charge is 2.00. The van der Waals surface area contributed by atoms with Gasteiger partial charge in [0.15, 0.2) is 0 Å². The molecule has 1 amide bonds. The van der Waals surface area contributed by atoms with Crippen LogP contribution < -0.4 is 10.1 Å². The van der Waals surface area contributed by atoms with Gasteiger partial charge in [-0.25, -0.2) is 0 Å². The van der Waals surface area contributed by atoms with Crippen molar-refractivity contribution < 1.29 is 19.1 Å². The summed E-state index contributed by atoms with van der Waals surface area (Å²) < 4.78 is 9.96. The number of hydrogen-bond donors (Lipinski definition) is 1. The normalized spacial score (nSPS) is 9.67. The number of esters is 1. The third-order valence-corrected chi connectivity index (χ3v) is 2.20. The first kappa shape index (κ1) is 14.0. The number of methoxy groups -OCH3 is 1. The Kier molecular flexibility index (Phi) is 5.70. The number of benzene rings is 1. The highest BCUT2D eigenvalue weighted by molar-refractivity contribution is 5.88. The first-order chi connectivity index (χ1) is 8.61. The van der Waals surface area contributed by atoms with Crippen LogP contribution in [0.25, 0.3) is 0 Å². The Balaban J connectivity index is 2.31. The number of anilines is 1. The van der Waals surface area contributed by atoms with E-state index < -0.39 is 0 Å². The summed E-state index contributed by atoms with van der Waals surface area (Å²) in [5, 5.41) is 2.67. The molecule has 5 heteroatoms. The number of rotatable bonds is 6. The topological polar surface area (TPSA) is 64.6 Å². The van der Waals surface area contributed by atoms with Crippen molar-refractivity contribution in [3.63, 3.8) is 0 Å². The van der Waals surface area contributed by atoms with Crippen LogP contribution in [0.4, 0.5) is 5.69 Å². The largest absolute Gasteiger partial charge is 0.494 e. The van der Waals surface area contributed by atoms with Crippen LogP contribution in [0.2, 0.25) is 0 Å². The number of amides is 1. The molecule has 18 heavy (non-hydrogen) atoms. The van der Waals surface area contributed by atoms with Gasteiger partial charge in [0.1, 0.15) is 5.75 Å². The fraction of sp³-hybridized carbons (Fsp3) is 0.385. The van der Waals surface area contributed by atoms with Crippen molar-refractivity contribution >= 4 is 17.6 Å². The number of ether oxygens (including phenoxy) is 2. The van der Waals surface area contributed by atoms with E-state index in [-0.39, 0.29) is 11.9 Å². The van der Waals surface area contributed by atoms with E-state index in [0.717, 1.165) is 5.69 Å². The molecule has 0 radical (unpaired) electrons. The molecule has 0 heterocycles. The lowest BCUT2D eigenvalue weighted by Gasteiger charge is -2.07. The van der Waals surface area contributed by atoms with Gasteiger partial charge in [-0.2, -0.15) is 0 Å². The van der Waals surface area contributed by atoms with Gasteiger partial charge in [-0.05, 0) is 30.7 Å². The second-order valence-electron chi connectivity index (χ2n) is 3.73. The van der Waals surface area contributed by atoms with E-state index in [1.165, 1.54) is 14.0 Å². The number of nitrogens with one attached hydrogen (secondary N) is 1. The van der Waals surface area contributed by atoms with Crippen LogP contribution in [0.5, 0.6) is 5.75 Å². The minimum absolute atomic E-state index is 0.109. The molecule has 5 nitrogen and oxygen atoms in total. The summed E-state index contributed by atoms with van der Waals surface area (Å²) in [5.74, 6) is 0.357. The maximum atomic E-state index is 10.9. The number of hydrogen-bond acceptors (Lipinski definition) is 4. The summed E-state index contributed by atoms with van der Waals surface area (Å²) in [5.41, 5.74) is 0.726. The Hall–Kier alpha value is -2.04. The first-order valence-electron chi connectivity index (χ1n) is 5.69. The fourth-order valence-corrected chi connectivity index (χ4v) is 1.35. The van der Waals surface area contributed by atoms with Crippen LogP contribution in [0.3, 0.4) is 0 Å². The third-order valence-electron chi connectivity index (χ3n) is 2.20. The van der Waals surface area contributed by atoms with E-state index in [4.69, 9.17) is 4.74 Å². The summed E-state index contributed by atoms with van der Waals surface area (Å²) in [6, 6.07) is 7.06. The van der Waals surface area contributed by atoms with Gasteiger partial charge < -0.3 is 14.8 Å². The summed E-state index contributed by atoms with van der Waals surface area (Å²) in [4.78, 5) is 21.7. The third kappa shape index (κ3) is 5.34. The summed E-state index contributed by atoms with van der Waals surface area (Å²) in [6.07, 6.45) is 0.959. The van der Waals surface area contributed by atoms with Crippen molar-refractivity contribution in [2.75, 3.05) is 19.0 Å². The summed E-state index contributed by atoms with van der Waals surface area (Å²) in [6.45, 7) is 1.91. The van der Waals surface area contributed by atoms with Crippen molar-refractivity contribution in [3.8, 4) is 5.75 Å². The SMILES string of the molecule is COC(=O)CCCOc1ccc(NC(C)=O)cc1. The van der Waals surface area contributed by atoms with Crippen LogP contribution in [-0.2, 0) is 14.3 Å². The van der Waals surface area contributed by atoms with Crippen molar-refractivity contribution in [1.29, 1.82) is 0 Å². The minimum atomic E-state index is -0.236. The van der Waals surface area contributed by atoms with Crippen LogP contribution in [-0.4, -0.2) is 25.6 Å². The molecule has 1 aromatic carbocycles. The second kappa shape index (κ2) is 7.32. The molecule has 0 aliphatic rings. The van der Waals surface area contributed by atoms with E-state index in [2.05, 4.69) is 10.1 Å². The Morgan fingerprint density at radius 2 is 1.89 bits per heavy atom. The summed E-state index contributed by atoms with van der Waals surface area (Å²) >= 11 is 0. The Labute approximate surface area is 106 Å². The van der Waals surface area contributed by atoms with Crippen molar-refractivity contribution in [2.24, 2.45) is 0 Å². The molecule has 0 aliphatic heterocycles. The van der Waals surface area contributed by atoms with E-state index in [9.17, 15) is 9.59 Å². The minimum Gasteiger partial charge on any atom is -0.494 e. The molecule has 0 aliphatic carbocycles. The molecule has 0 unspecified atom stereocenters. The highest BCUT2D eigenvalue weighted by atomic mass is 16.5. The molecule has 1 rings (SSSR count). The van der Waals surface area contributed by atoms with E-state index >= 15 is 0 Å². The van der Waals surface area contributed by atoms with Crippen molar-refractivity contribution in [1.82, 2.24) is 0 Å². The van der Waals surface area contributed by atoms with E-state index in [0.29, 0.717) is 25.2 Å². The Bertz CT molecular complexity index is 400. The number of carbonyl (C=O) groups excluding carboxylic acids is 2. The van der Waals surface area contributed by atoms with Gasteiger partial charge in [0.25, 0.3) is 0 Å². The molecule has 0 atom stereocenters. The van der Waals surface area contributed by atoms with Crippen molar-refractivity contribution in [3.05, 3.63) is 24.3 Å². The number of carbonyl (C=O) groups is 2. The fourth-order valence-electron chi connectivity index (χ4n) is 1.35. The van der Waals surface area contributed by atoms with Gasteiger partial charge in [-0.15, -0.1) is 0 Å². The molecule has 0 spiro atoms. The van der Waals surface area contributed by atoms with E-state index in [1.54, 1.807) is 24.3 Å². The molecular formula is C13H17NO4. The Morgan fingerprint density at radius 1 is 1.22 bits per heavy atom. The smallest absolute Gasteiger partial charge is 0.305 e. The van der Waals surface area contributed by atoms with Gasteiger partial charge in [0.05, 0.1) is 13.7 Å². The maximum absolute atomic E-state index is 10.9. The maximum Gasteiger partial charge on any atom is 0.305 e. The molecule has 0 saturated carbocycles. The van der Waals surface area contributed by atoms with Crippen LogP contribution >= 0.6 is 0 Å². The van der Waals surface area contributed by atoms with Gasteiger partial charge in [-0.3, -0.25) is 9.59 Å². The molecule has 0 aromatic heterocycles. The average Bonchev–Trinajstić information content (AvgIpc) is 2.35. The first-order valence-corrected chi connectivity index (χ1v) is 5.69. The zero-order chi connectivity index (χ0) is 13.4. The predicted molar refractivity (Wildman–Crippen MR) is 67.5 cm³/mol. The summed E-state index contributed by atoms with van der Waals surface area (Å²) in [7, 11) is 1.37. The van der Waals surface area contributed by atoms with Gasteiger partial charge in [-0.1, -0.05) is 0 Å². The average molecular weight is 251 g/mol. The van der Waals surface area contributed by atoms with Crippen LogP contribution in [0, 0.1) is 0 Å². The molecule has 0 fully saturated rings. The van der Waals surface area contributed by atoms with Crippen molar-refractivity contribution in [2.45, 2.75) is 19.8 Å². The van der Waals surface area contributed by atoms with E-state index in [1.807, 2.05) is 0 Å². The van der Waals surface area contributed by atoms with Gasteiger partial charge >= 0.3 is 5.97 Å². The lowest BCUT2D eigenvalue weighted by atomic mass is 10.3. The van der Waals surface area contributed by atoms with Crippen LogP contribution in [0.1, 0.15) is 19.8 Å².